The van der Waals surface area contributed by atoms with Gasteiger partial charge in [-0.3, -0.25) is 0 Å². The highest BCUT2D eigenvalue weighted by Gasteiger charge is 2.19. The molecule has 15 heavy (non-hydrogen) atoms. The Bertz CT molecular complexity index is 149. The highest BCUT2D eigenvalue weighted by Crippen LogP contribution is 2.15. The van der Waals surface area contributed by atoms with Crippen molar-refractivity contribution in [3.8, 4) is 0 Å². The van der Waals surface area contributed by atoms with E-state index in [9.17, 15) is 0 Å². The lowest BCUT2D eigenvalue weighted by atomic mass is 9.93. The molecule has 0 heterocycles. The molecule has 92 valence electrons. The van der Waals surface area contributed by atoms with Crippen LogP contribution >= 0.6 is 11.8 Å². The minimum absolute atomic E-state index is 0.377. The van der Waals surface area contributed by atoms with Gasteiger partial charge in [-0.1, -0.05) is 20.8 Å². The molecule has 0 aromatic carbocycles. The Labute approximate surface area is 100 Å². The molecule has 0 unspecified atom stereocenters. The van der Waals surface area contributed by atoms with Gasteiger partial charge in [-0.05, 0) is 31.7 Å². The maximum Gasteiger partial charge on any atom is 0.00694 e. The van der Waals surface area contributed by atoms with E-state index in [4.69, 9.17) is 0 Å². The Balaban J connectivity index is 3.69. The van der Waals surface area contributed by atoms with E-state index >= 15 is 0 Å². The molecule has 0 saturated heterocycles. The molecule has 0 amide bonds. The molecule has 0 radical (unpaired) electrons. The molecule has 0 aliphatic carbocycles. The normalized spacial score (nSPS) is 12.4. The van der Waals surface area contributed by atoms with Crippen LogP contribution in [0.4, 0.5) is 0 Å². The third kappa shape index (κ3) is 9.21. The first kappa shape index (κ1) is 15.3. The van der Waals surface area contributed by atoms with Gasteiger partial charge in [0, 0.05) is 25.4 Å². The van der Waals surface area contributed by atoms with Crippen LogP contribution in [0.15, 0.2) is 0 Å². The van der Waals surface area contributed by atoms with Gasteiger partial charge in [-0.15, -0.1) is 0 Å². The van der Waals surface area contributed by atoms with Gasteiger partial charge in [-0.2, -0.15) is 11.8 Å². The average molecular weight is 232 g/mol. The van der Waals surface area contributed by atoms with Gasteiger partial charge in [0.05, 0.1) is 0 Å². The fourth-order valence-corrected chi connectivity index (χ4v) is 2.21. The molecule has 0 saturated carbocycles. The topological polar surface area (TPSA) is 15.3 Å². The SMILES string of the molecule is CCCNCC(C)(C)CN(C)CCSC. The van der Waals surface area contributed by atoms with Crippen LogP contribution in [0, 0.1) is 5.41 Å². The van der Waals surface area contributed by atoms with Gasteiger partial charge in [0.2, 0.25) is 0 Å². The molecule has 0 bridgehead atoms. The lowest BCUT2D eigenvalue weighted by Crippen LogP contribution is -2.39. The zero-order valence-electron chi connectivity index (χ0n) is 11.1. The third-order valence-corrected chi connectivity index (χ3v) is 3.00. The molecule has 0 fully saturated rings. The van der Waals surface area contributed by atoms with E-state index in [-0.39, 0.29) is 0 Å². The fourth-order valence-electron chi connectivity index (χ4n) is 1.72. The largest absolute Gasteiger partial charge is 0.316 e. The van der Waals surface area contributed by atoms with Crippen molar-refractivity contribution in [2.45, 2.75) is 27.2 Å². The van der Waals surface area contributed by atoms with E-state index in [1.54, 1.807) is 0 Å². The first-order valence-electron chi connectivity index (χ1n) is 5.90. The third-order valence-electron chi connectivity index (χ3n) is 2.41. The van der Waals surface area contributed by atoms with Crippen molar-refractivity contribution in [3.63, 3.8) is 0 Å². The Morgan fingerprint density at radius 2 is 2.00 bits per heavy atom. The summed E-state index contributed by atoms with van der Waals surface area (Å²) in [6.45, 7) is 11.5. The molecule has 0 spiro atoms. The Hall–Kier alpha value is 0.270. The number of hydrogen-bond donors (Lipinski definition) is 1. The van der Waals surface area contributed by atoms with Gasteiger partial charge in [0.1, 0.15) is 0 Å². The van der Waals surface area contributed by atoms with E-state index in [0.29, 0.717) is 5.41 Å². The summed E-state index contributed by atoms with van der Waals surface area (Å²) in [5.74, 6) is 1.23. The van der Waals surface area contributed by atoms with Crippen LogP contribution in [0.3, 0.4) is 0 Å². The zero-order chi connectivity index (χ0) is 11.7. The Morgan fingerprint density at radius 3 is 2.53 bits per heavy atom. The zero-order valence-corrected chi connectivity index (χ0v) is 11.9. The minimum atomic E-state index is 0.377. The molecule has 1 N–H and O–H groups in total. The summed E-state index contributed by atoms with van der Waals surface area (Å²) in [7, 11) is 2.22. The van der Waals surface area contributed by atoms with Crippen LogP contribution in [-0.2, 0) is 0 Å². The van der Waals surface area contributed by atoms with Gasteiger partial charge < -0.3 is 10.2 Å². The fraction of sp³-hybridized carbons (Fsp3) is 1.00. The summed E-state index contributed by atoms with van der Waals surface area (Å²) in [5.41, 5.74) is 0.377. The quantitative estimate of drug-likeness (QED) is 0.614. The van der Waals surface area contributed by atoms with Crippen LogP contribution < -0.4 is 5.32 Å². The monoisotopic (exact) mass is 232 g/mol. The van der Waals surface area contributed by atoms with Crippen molar-refractivity contribution >= 4 is 11.8 Å². The molecular formula is C12H28N2S. The van der Waals surface area contributed by atoms with E-state index in [1.807, 2.05) is 11.8 Å². The Morgan fingerprint density at radius 1 is 1.33 bits per heavy atom. The molecule has 0 aromatic heterocycles. The van der Waals surface area contributed by atoms with Crippen LogP contribution in [0.1, 0.15) is 27.2 Å². The van der Waals surface area contributed by atoms with E-state index in [1.165, 1.54) is 25.3 Å². The molecule has 0 atom stereocenters. The second kappa shape index (κ2) is 8.43. The second-order valence-corrected chi connectivity index (χ2v) is 6.06. The summed E-state index contributed by atoms with van der Waals surface area (Å²) < 4.78 is 0. The highest BCUT2D eigenvalue weighted by molar-refractivity contribution is 7.98. The summed E-state index contributed by atoms with van der Waals surface area (Å²) in [6.07, 6.45) is 3.39. The average Bonchev–Trinajstić information content (AvgIpc) is 2.14. The van der Waals surface area contributed by atoms with Crippen molar-refractivity contribution in [3.05, 3.63) is 0 Å². The first-order valence-corrected chi connectivity index (χ1v) is 7.29. The van der Waals surface area contributed by atoms with Crippen LogP contribution in [0.25, 0.3) is 0 Å². The second-order valence-electron chi connectivity index (χ2n) is 5.07. The standard InChI is InChI=1S/C12H28N2S/c1-6-7-13-10-12(2,3)11-14(4)8-9-15-5/h13H,6-11H2,1-5H3. The van der Waals surface area contributed by atoms with Crippen molar-refractivity contribution in [1.82, 2.24) is 10.2 Å². The highest BCUT2D eigenvalue weighted by atomic mass is 32.2. The van der Waals surface area contributed by atoms with Crippen molar-refractivity contribution in [2.24, 2.45) is 5.41 Å². The maximum atomic E-state index is 3.50. The van der Waals surface area contributed by atoms with Crippen LogP contribution in [-0.4, -0.2) is 50.1 Å². The van der Waals surface area contributed by atoms with Crippen molar-refractivity contribution in [2.75, 3.05) is 45.2 Å². The molecule has 2 nitrogen and oxygen atoms in total. The summed E-state index contributed by atoms with van der Waals surface area (Å²) in [4.78, 5) is 2.43. The first-order chi connectivity index (χ1) is 7.02. The van der Waals surface area contributed by atoms with E-state index in [0.717, 1.165) is 13.1 Å². The van der Waals surface area contributed by atoms with Crippen LogP contribution in [0.2, 0.25) is 0 Å². The predicted molar refractivity (Wildman–Crippen MR) is 72.8 cm³/mol. The van der Waals surface area contributed by atoms with E-state index < -0.39 is 0 Å². The van der Waals surface area contributed by atoms with Crippen molar-refractivity contribution < 1.29 is 0 Å². The van der Waals surface area contributed by atoms with Crippen LogP contribution in [0.5, 0.6) is 0 Å². The molecule has 0 aliphatic rings. The molecule has 0 aliphatic heterocycles. The number of thioether (sulfide) groups is 1. The summed E-state index contributed by atoms with van der Waals surface area (Å²) >= 11 is 1.92. The smallest absolute Gasteiger partial charge is 0.00694 e. The molecule has 0 aromatic rings. The van der Waals surface area contributed by atoms with Gasteiger partial charge in [-0.25, -0.2) is 0 Å². The lowest BCUT2D eigenvalue weighted by molar-refractivity contribution is 0.212. The van der Waals surface area contributed by atoms with E-state index in [2.05, 4.69) is 44.3 Å². The molecular weight excluding hydrogens is 204 g/mol. The lowest BCUT2D eigenvalue weighted by Gasteiger charge is -2.30. The van der Waals surface area contributed by atoms with Gasteiger partial charge >= 0.3 is 0 Å². The minimum Gasteiger partial charge on any atom is -0.316 e. The number of rotatable bonds is 9. The predicted octanol–water partition coefficient (Wildman–Crippen LogP) is 2.31. The van der Waals surface area contributed by atoms with Gasteiger partial charge in [0.25, 0.3) is 0 Å². The number of nitrogens with one attached hydrogen (secondary N) is 1. The number of nitrogens with zero attached hydrogens (tertiary/aromatic N) is 1. The Kier molecular flexibility index (Phi) is 8.58. The molecule has 0 rings (SSSR count). The summed E-state index contributed by atoms with van der Waals surface area (Å²) in [6, 6.07) is 0. The van der Waals surface area contributed by atoms with Gasteiger partial charge in [0.15, 0.2) is 0 Å². The summed E-state index contributed by atoms with van der Waals surface area (Å²) in [5, 5.41) is 3.50. The number of hydrogen-bond acceptors (Lipinski definition) is 3. The van der Waals surface area contributed by atoms with Crippen molar-refractivity contribution in [1.29, 1.82) is 0 Å². The molecule has 3 heteroatoms. The maximum absolute atomic E-state index is 3.50.